The van der Waals surface area contributed by atoms with E-state index in [-0.39, 0.29) is 0 Å². The zero-order chi connectivity index (χ0) is 13.8. The highest BCUT2D eigenvalue weighted by Crippen LogP contribution is 2.25. The molecule has 1 atom stereocenters. The lowest BCUT2D eigenvalue weighted by Crippen LogP contribution is -2.35. The number of anilines is 1. The molecule has 0 amide bonds. The first-order valence-electron chi connectivity index (χ1n) is 6.31. The molecule has 1 aromatic rings. The Morgan fingerprint density at radius 1 is 1.50 bits per heavy atom. The van der Waals surface area contributed by atoms with E-state index < -0.39 is 5.60 Å². The standard InChI is InChI=1S/C14H24N2O2/c1-10(2)7-14(4,17)9-16-12-6-11(3)15-8-13(12)18-5/h6,8,10,17H,7,9H2,1-5H3,(H,15,16). The summed E-state index contributed by atoms with van der Waals surface area (Å²) in [5.41, 5.74) is 1.06. The fourth-order valence-electron chi connectivity index (χ4n) is 2.09. The molecule has 1 heterocycles. The second-order valence-corrected chi connectivity index (χ2v) is 5.47. The lowest BCUT2D eigenvalue weighted by molar-refractivity contribution is 0.0515. The quantitative estimate of drug-likeness (QED) is 0.817. The summed E-state index contributed by atoms with van der Waals surface area (Å²) < 4.78 is 5.24. The number of aliphatic hydroxyl groups is 1. The summed E-state index contributed by atoms with van der Waals surface area (Å²) >= 11 is 0. The maximum atomic E-state index is 10.3. The molecule has 0 aliphatic carbocycles. The fraction of sp³-hybridized carbons (Fsp3) is 0.643. The third-order valence-corrected chi connectivity index (χ3v) is 2.73. The number of hydrogen-bond acceptors (Lipinski definition) is 4. The summed E-state index contributed by atoms with van der Waals surface area (Å²) in [5, 5.41) is 13.5. The van der Waals surface area contributed by atoms with Crippen LogP contribution in [0.3, 0.4) is 0 Å². The van der Waals surface area contributed by atoms with Crippen molar-refractivity contribution in [1.29, 1.82) is 0 Å². The van der Waals surface area contributed by atoms with E-state index in [1.807, 2.05) is 19.9 Å². The van der Waals surface area contributed by atoms with E-state index in [0.717, 1.165) is 17.8 Å². The van der Waals surface area contributed by atoms with E-state index in [2.05, 4.69) is 24.1 Å². The fourth-order valence-corrected chi connectivity index (χ4v) is 2.09. The Morgan fingerprint density at radius 2 is 2.17 bits per heavy atom. The van der Waals surface area contributed by atoms with Crippen LogP contribution in [0.1, 0.15) is 32.9 Å². The number of methoxy groups -OCH3 is 1. The minimum absolute atomic E-state index is 0.461. The Hall–Kier alpha value is -1.29. The maximum Gasteiger partial charge on any atom is 0.160 e. The van der Waals surface area contributed by atoms with Crippen LogP contribution in [0, 0.1) is 12.8 Å². The van der Waals surface area contributed by atoms with Gasteiger partial charge in [-0.15, -0.1) is 0 Å². The lowest BCUT2D eigenvalue weighted by atomic mass is 9.94. The minimum Gasteiger partial charge on any atom is -0.493 e. The number of aryl methyl sites for hydroxylation is 1. The number of pyridine rings is 1. The van der Waals surface area contributed by atoms with Gasteiger partial charge in [0.25, 0.3) is 0 Å². The van der Waals surface area contributed by atoms with Gasteiger partial charge in [-0.05, 0) is 32.3 Å². The molecule has 0 saturated heterocycles. The minimum atomic E-state index is -0.726. The normalized spacial score (nSPS) is 14.4. The van der Waals surface area contributed by atoms with Crippen molar-refractivity contribution in [2.45, 2.75) is 39.7 Å². The monoisotopic (exact) mass is 252 g/mol. The first kappa shape index (κ1) is 14.8. The molecule has 0 aromatic carbocycles. The molecule has 1 rings (SSSR count). The topological polar surface area (TPSA) is 54.4 Å². The molecule has 0 spiro atoms. The number of nitrogens with zero attached hydrogens (tertiary/aromatic N) is 1. The molecule has 0 aliphatic heterocycles. The summed E-state index contributed by atoms with van der Waals surface area (Å²) in [6.45, 7) is 8.47. The number of hydrogen-bond donors (Lipinski definition) is 2. The van der Waals surface area contributed by atoms with Crippen molar-refractivity contribution in [3.05, 3.63) is 18.0 Å². The molecule has 0 saturated carbocycles. The second-order valence-electron chi connectivity index (χ2n) is 5.47. The van der Waals surface area contributed by atoms with Crippen LogP contribution in [-0.2, 0) is 0 Å². The Morgan fingerprint density at radius 3 is 2.72 bits per heavy atom. The number of ether oxygens (including phenoxy) is 1. The van der Waals surface area contributed by atoms with Gasteiger partial charge in [0.2, 0.25) is 0 Å². The van der Waals surface area contributed by atoms with Crippen molar-refractivity contribution < 1.29 is 9.84 Å². The molecule has 1 aromatic heterocycles. The predicted molar refractivity (Wildman–Crippen MR) is 74.1 cm³/mol. The van der Waals surface area contributed by atoms with Gasteiger partial charge in [0.15, 0.2) is 5.75 Å². The molecule has 0 radical (unpaired) electrons. The Bertz CT molecular complexity index is 389. The largest absolute Gasteiger partial charge is 0.493 e. The van der Waals surface area contributed by atoms with Crippen molar-refractivity contribution in [3.63, 3.8) is 0 Å². The third-order valence-electron chi connectivity index (χ3n) is 2.73. The van der Waals surface area contributed by atoms with Crippen molar-refractivity contribution in [1.82, 2.24) is 4.98 Å². The molecular formula is C14H24N2O2. The van der Waals surface area contributed by atoms with Crippen molar-refractivity contribution in [2.24, 2.45) is 5.92 Å². The van der Waals surface area contributed by atoms with Crippen LogP contribution in [-0.4, -0.2) is 29.3 Å². The summed E-state index contributed by atoms with van der Waals surface area (Å²) in [5.74, 6) is 1.16. The van der Waals surface area contributed by atoms with Crippen molar-refractivity contribution in [3.8, 4) is 5.75 Å². The highest BCUT2D eigenvalue weighted by Gasteiger charge is 2.22. The predicted octanol–water partition coefficient (Wildman–Crippen LogP) is 2.61. The van der Waals surface area contributed by atoms with E-state index in [1.54, 1.807) is 13.3 Å². The van der Waals surface area contributed by atoms with Gasteiger partial charge < -0.3 is 15.2 Å². The average molecular weight is 252 g/mol. The Labute approximate surface area is 109 Å². The van der Waals surface area contributed by atoms with Crippen LogP contribution < -0.4 is 10.1 Å². The highest BCUT2D eigenvalue weighted by atomic mass is 16.5. The van der Waals surface area contributed by atoms with Crippen molar-refractivity contribution in [2.75, 3.05) is 19.0 Å². The van der Waals surface area contributed by atoms with E-state index in [9.17, 15) is 5.11 Å². The Kier molecular flexibility index (Phi) is 4.96. The highest BCUT2D eigenvalue weighted by molar-refractivity contribution is 5.56. The van der Waals surface area contributed by atoms with Crippen LogP contribution in [0.4, 0.5) is 5.69 Å². The summed E-state index contributed by atoms with van der Waals surface area (Å²) in [6.07, 6.45) is 2.45. The SMILES string of the molecule is COc1cnc(C)cc1NCC(C)(O)CC(C)C. The molecular weight excluding hydrogens is 228 g/mol. The van der Waals surface area contributed by atoms with Crippen LogP contribution in [0.5, 0.6) is 5.75 Å². The van der Waals surface area contributed by atoms with Gasteiger partial charge in [0, 0.05) is 12.2 Å². The second kappa shape index (κ2) is 6.05. The molecule has 102 valence electrons. The van der Waals surface area contributed by atoms with Crippen molar-refractivity contribution >= 4 is 5.69 Å². The van der Waals surface area contributed by atoms with Gasteiger partial charge in [-0.2, -0.15) is 0 Å². The zero-order valence-electron chi connectivity index (χ0n) is 11.9. The van der Waals surface area contributed by atoms with Gasteiger partial charge in [-0.1, -0.05) is 13.8 Å². The molecule has 1 unspecified atom stereocenters. The van der Waals surface area contributed by atoms with Crippen LogP contribution >= 0.6 is 0 Å². The van der Waals surface area contributed by atoms with E-state index >= 15 is 0 Å². The summed E-state index contributed by atoms with van der Waals surface area (Å²) in [4.78, 5) is 4.18. The molecule has 2 N–H and O–H groups in total. The Balaban J connectivity index is 2.70. The molecule has 0 bridgehead atoms. The van der Waals surface area contributed by atoms with E-state index in [0.29, 0.717) is 18.2 Å². The smallest absolute Gasteiger partial charge is 0.160 e. The summed E-state index contributed by atoms with van der Waals surface area (Å²) in [7, 11) is 1.61. The number of aromatic nitrogens is 1. The molecule has 4 nitrogen and oxygen atoms in total. The van der Waals surface area contributed by atoms with E-state index in [4.69, 9.17) is 4.74 Å². The maximum absolute atomic E-state index is 10.3. The van der Waals surface area contributed by atoms with Gasteiger partial charge in [-0.3, -0.25) is 4.98 Å². The van der Waals surface area contributed by atoms with Gasteiger partial charge in [0.05, 0.1) is 24.6 Å². The molecule has 18 heavy (non-hydrogen) atoms. The summed E-state index contributed by atoms with van der Waals surface area (Å²) in [6, 6.07) is 1.92. The average Bonchev–Trinajstić information content (AvgIpc) is 2.25. The molecule has 4 heteroatoms. The first-order valence-corrected chi connectivity index (χ1v) is 6.31. The molecule has 0 aliphatic rings. The van der Waals surface area contributed by atoms with Gasteiger partial charge in [-0.25, -0.2) is 0 Å². The first-order chi connectivity index (χ1) is 8.34. The van der Waals surface area contributed by atoms with Crippen LogP contribution in [0.15, 0.2) is 12.3 Å². The third kappa shape index (κ3) is 4.53. The zero-order valence-corrected chi connectivity index (χ0v) is 11.9. The van der Waals surface area contributed by atoms with Crippen LogP contribution in [0.25, 0.3) is 0 Å². The number of rotatable bonds is 6. The number of nitrogens with one attached hydrogen (secondary N) is 1. The van der Waals surface area contributed by atoms with E-state index in [1.165, 1.54) is 0 Å². The van der Waals surface area contributed by atoms with Crippen LogP contribution in [0.2, 0.25) is 0 Å². The van der Waals surface area contributed by atoms with Gasteiger partial charge in [0.1, 0.15) is 0 Å². The lowest BCUT2D eigenvalue weighted by Gasteiger charge is -2.26. The van der Waals surface area contributed by atoms with Gasteiger partial charge >= 0.3 is 0 Å². The molecule has 0 fully saturated rings.